The van der Waals surface area contributed by atoms with Gasteiger partial charge in [0.15, 0.2) is 0 Å². The van der Waals surface area contributed by atoms with Crippen LogP contribution in [0.15, 0.2) is 42.5 Å². The monoisotopic (exact) mass is 406 g/mol. The fourth-order valence-electron chi connectivity index (χ4n) is 5.26. The Morgan fingerprint density at radius 1 is 0.767 bits per heavy atom. The van der Waals surface area contributed by atoms with E-state index < -0.39 is 0 Å². The van der Waals surface area contributed by atoms with Crippen molar-refractivity contribution in [3.05, 3.63) is 53.6 Å². The zero-order valence-electron chi connectivity index (χ0n) is 19.3. The first kappa shape index (κ1) is 22.9. The van der Waals surface area contributed by atoms with Crippen LogP contribution in [0.3, 0.4) is 0 Å². The Balaban J connectivity index is 1.44. The van der Waals surface area contributed by atoms with Gasteiger partial charge in [0, 0.05) is 0 Å². The molecule has 0 atom stereocenters. The predicted molar refractivity (Wildman–Crippen MR) is 130 cm³/mol. The predicted octanol–water partition coefficient (Wildman–Crippen LogP) is 9.04. The summed E-state index contributed by atoms with van der Waals surface area (Å²) < 4.78 is 0. The fraction of sp³-hybridized carbons (Fsp3) is 0.586. The van der Waals surface area contributed by atoms with Gasteiger partial charge in [-0.15, -0.1) is 0 Å². The lowest BCUT2D eigenvalue weighted by molar-refractivity contribution is 0.302. The van der Waals surface area contributed by atoms with Crippen molar-refractivity contribution in [1.29, 1.82) is 0 Å². The maximum atomic E-state index is 9.76. The Bertz CT molecular complexity index is 737. The van der Waals surface area contributed by atoms with Crippen LogP contribution in [0.2, 0.25) is 0 Å². The lowest BCUT2D eigenvalue weighted by Crippen LogP contribution is -2.13. The molecule has 1 N–H and O–H groups in total. The highest BCUT2D eigenvalue weighted by Gasteiger charge is 2.22. The molecule has 3 rings (SSSR count). The molecule has 1 aliphatic carbocycles. The van der Waals surface area contributed by atoms with E-state index in [9.17, 15) is 5.11 Å². The van der Waals surface area contributed by atoms with E-state index in [0.29, 0.717) is 5.75 Å². The van der Waals surface area contributed by atoms with Gasteiger partial charge in [0.25, 0.3) is 0 Å². The molecule has 0 unspecified atom stereocenters. The molecule has 0 radical (unpaired) electrons. The standard InChI is InChI=1S/C29H42O/c1-3-5-6-7-8-9-10-11-23-12-14-25(15-13-23)26-16-18-27(19-17-26)29-21-20-28(30)22-24(29)4-2/h16-23,25,30H,3-15H2,1-2H3. The number of hydrogen-bond acceptors (Lipinski definition) is 1. The van der Waals surface area contributed by atoms with Crippen molar-refractivity contribution in [2.45, 2.75) is 103 Å². The molecule has 1 saturated carbocycles. The first-order valence-corrected chi connectivity index (χ1v) is 12.6. The summed E-state index contributed by atoms with van der Waals surface area (Å²) in [4.78, 5) is 0. The summed E-state index contributed by atoms with van der Waals surface area (Å²) in [6, 6.07) is 15.0. The summed E-state index contributed by atoms with van der Waals surface area (Å²) in [5, 5.41) is 9.76. The maximum absolute atomic E-state index is 9.76. The second-order valence-corrected chi connectivity index (χ2v) is 9.44. The highest BCUT2D eigenvalue weighted by atomic mass is 16.3. The van der Waals surface area contributed by atoms with E-state index in [-0.39, 0.29) is 0 Å². The van der Waals surface area contributed by atoms with Crippen molar-refractivity contribution in [3.8, 4) is 16.9 Å². The van der Waals surface area contributed by atoms with Crippen LogP contribution >= 0.6 is 0 Å². The Hall–Kier alpha value is -1.76. The quantitative estimate of drug-likeness (QED) is 0.369. The van der Waals surface area contributed by atoms with Gasteiger partial charge in [0.05, 0.1) is 0 Å². The molecule has 0 bridgehead atoms. The SMILES string of the molecule is CCCCCCCCCC1CCC(c2ccc(-c3ccc(O)cc3CC)cc2)CC1. The molecule has 0 saturated heterocycles. The zero-order chi connectivity index (χ0) is 21.2. The molecule has 1 aliphatic rings. The third-order valence-electron chi connectivity index (χ3n) is 7.23. The van der Waals surface area contributed by atoms with Gasteiger partial charge in [0.1, 0.15) is 5.75 Å². The average molecular weight is 407 g/mol. The highest BCUT2D eigenvalue weighted by molar-refractivity contribution is 5.68. The lowest BCUT2D eigenvalue weighted by atomic mass is 9.77. The Labute approximate surface area is 184 Å². The molecule has 0 aromatic heterocycles. The summed E-state index contributed by atoms with van der Waals surface area (Å²) in [6.07, 6.45) is 17.9. The molecule has 0 heterocycles. The smallest absolute Gasteiger partial charge is 0.115 e. The van der Waals surface area contributed by atoms with E-state index in [1.807, 2.05) is 6.07 Å². The summed E-state index contributed by atoms with van der Waals surface area (Å²) in [5.74, 6) is 2.08. The molecule has 1 fully saturated rings. The van der Waals surface area contributed by atoms with E-state index in [1.165, 1.54) is 99.3 Å². The van der Waals surface area contributed by atoms with Gasteiger partial charge >= 0.3 is 0 Å². The van der Waals surface area contributed by atoms with Crippen molar-refractivity contribution in [3.63, 3.8) is 0 Å². The minimum atomic E-state index is 0.362. The molecule has 0 amide bonds. The molecular weight excluding hydrogens is 364 g/mol. The van der Waals surface area contributed by atoms with E-state index >= 15 is 0 Å². The molecule has 2 aromatic carbocycles. The van der Waals surface area contributed by atoms with Crippen molar-refractivity contribution in [2.75, 3.05) is 0 Å². The number of rotatable bonds is 11. The normalized spacial score (nSPS) is 19.1. The van der Waals surface area contributed by atoms with E-state index in [4.69, 9.17) is 0 Å². The second-order valence-electron chi connectivity index (χ2n) is 9.44. The van der Waals surface area contributed by atoms with Crippen LogP contribution < -0.4 is 0 Å². The topological polar surface area (TPSA) is 20.2 Å². The van der Waals surface area contributed by atoms with Crippen molar-refractivity contribution >= 4 is 0 Å². The molecule has 1 heteroatoms. The number of phenols is 1. The Kier molecular flexibility index (Phi) is 9.30. The first-order valence-electron chi connectivity index (χ1n) is 12.6. The summed E-state index contributed by atoms with van der Waals surface area (Å²) >= 11 is 0. The average Bonchev–Trinajstić information content (AvgIpc) is 2.79. The Morgan fingerprint density at radius 2 is 1.43 bits per heavy atom. The van der Waals surface area contributed by atoms with Crippen LogP contribution in [0.4, 0.5) is 0 Å². The molecule has 1 nitrogen and oxygen atoms in total. The number of unbranched alkanes of at least 4 members (excludes halogenated alkanes) is 6. The van der Waals surface area contributed by atoms with Gasteiger partial charge in [-0.2, -0.15) is 0 Å². The van der Waals surface area contributed by atoms with Crippen LogP contribution in [-0.4, -0.2) is 5.11 Å². The van der Waals surface area contributed by atoms with Gasteiger partial charge in [-0.3, -0.25) is 0 Å². The highest BCUT2D eigenvalue weighted by Crippen LogP contribution is 2.38. The van der Waals surface area contributed by atoms with Crippen molar-refractivity contribution in [1.82, 2.24) is 0 Å². The van der Waals surface area contributed by atoms with Gasteiger partial charge in [-0.05, 0) is 78.3 Å². The molecule has 30 heavy (non-hydrogen) atoms. The molecule has 0 aliphatic heterocycles. The molecule has 164 valence electrons. The fourth-order valence-corrected chi connectivity index (χ4v) is 5.26. The van der Waals surface area contributed by atoms with E-state index in [0.717, 1.165) is 18.3 Å². The lowest BCUT2D eigenvalue weighted by Gasteiger charge is -2.29. The van der Waals surface area contributed by atoms with E-state index in [2.05, 4.69) is 44.2 Å². The van der Waals surface area contributed by atoms with Gasteiger partial charge < -0.3 is 5.11 Å². The first-order chi connectivity index (χ1) is 14.7. The number of phenolic OH excluding ortho intramolecular Hbond substituents is 1. The Morgan fingerprint density at radius 3 is 2.10 bits per heavy atom. The number of aromatic hydroxyl groups is 1. The van der Waals surface area contributed by atoms with Crippen LogP contribution in [0.1, 0.15) is 108 Å². The second kappa shape index (κ2) is 12.2. The van der Waals surface area contributed by atoms with Gasteiger partial charge in [-0.1, -0.05) is 95.5 Å². The summed E-state index contributed by atoms with van der Waals surface area (Å²) in [6.45, 7) is 4.44. The third-order valence-corrected chi connectivity index (χ3v) is 7.23. The van der Waals surface area contributed by atoms with Crippen LogP contribution in [-0.2, 0) is 6.42 Å². The summed E-state index contributed by atoms with van der Waals surface area (Å²) in [5.41, 5.74) is 5.25. The largest absolute Gasteiger partial charge is 0.508 e. The molecule has 0 spiro atoms. The molecular formula is C29H42O. The zero-order valence-corrected chi connectivity index (χ0v) is 19.3. The maximum Gasteiger partial charge on any atom is 0.115 e. The minimum Gasteiger partial charge on any atom is -0.508 e. The molecule has 2 aromatic rings. The summed E-state index contributed by atoms with van der Waals surface area (Å²) in [7, 11) is 0. The van der Waals surface area contributed by atoms with Crippen LogP contribution in [0, 0.1) is 5.92 Å². The minimum absolute atomic E-state index is 0.362. The van der Waals surface area contributed by atoms with Crippen molar-refractivity contribution < 1.29 is 5.11 Å². The van der Waals surface area contributed by atoms with Gasteiger partial charge in [0.2, 0.25) is 0 Å². The number of hydrogen-bond donors (Lipinski definition) is 1. The van der Waals surface area contributed by atoms with Gasteiger partial charge in [-0.25, -0.2) is 0 Å². The van der Waals surface area contributed by atoms with Crippen LogP contribution in [0.5, 0.6) is 5.75 Å². The van der Waals surface area contributed by atoms with Crippen molar-refractivity contribution in [2.24, 2.45) is 5.92 Å². The van der Waals surface area contributed by atoms with E-state index in [1.54, 1.807) is 6.07 Å². The van der Waals surface area contributed by atoms with Crippen LogP contribution in [0.25, 0.3) is 11.1 Å². The number of aryl methyl sites for hydroxylation is 1. The number of benzene rings is 2. The third kappa shape index (κ3) is 6.62.